The number of hydrogen-bond acceptors (Lipinski definition) is 6. The van der Waals surface area contributed by atoms with Gasteiger partial charge in [-0.3, -0.25) is 9.48 Å². The number of aliphatic hydroxyl groups excluding tert-OH is 1. The van der Waals surface area contributed by atoms with Crippen LogP contribution in [0.1, 0.15) is 64.9 Å². The van der Waals surface area contributed by atoms with Gasteiger partial charge >= 0.3 is 0 Å². The third kappa shape index (κ3) is 3.26. The van der Waals surface area contributed by atoms with Gasteiger partial charge in [-0.05, 0) is 48.8 Å². The molecule has 7 nitrogen and oxygen atoms in total. The second-order valence-electron chi connectivity index (χ2n) is 7.72. The first-order valence-electron chi connectivity index (χ1n) is 9.84. The van der Waals surface area contributed by atoms with Gasteiger partial charge in [0.05, 0.1) is 24.9 Å². The number of carbonyl (C=O) groups excluding carboxylic acids is 1. The summed E-state index contributed by atoms with van der Waals surface area (Å²) in [5, 5.41) is 17.2. The predicted molar refractivity (Wildman–Crippen MR) is 101 cm³/mol. The number of hydrogen-bond donors (Lipinski definition) is 1. The van der Waals surface area contributed by atoms with Gasteiger partial charge < -0.3 is 9.63 Å². The molecule has 1 atom stereocenters. The van der Waals surface area contributed by atoms with Gasteiger partial charge in [0.2, 0.25) is 11.7 Å². The Kier molecular flexibility index (Phi) is 4.31. The second kappa shape index (κ2) is 6.98. The Morgan fingerprint density at radius 1 is 1.29 bits per heavy atom. The molecule has 144 valence electrons. The fourth-order valence-electron chi connectivity index (χ4n) is 3.98. The van der Waals surface area contributed by atoms with Crippen LogP contribution in [0.4, 0.5) is 0 Å². The van der Waals surface area contributed by atoms with Crippen molar-refractivity contribution in [2.45, 2.75) is 50.5 Å². The molecule has 3 aromatic rings. The summed E-state index contributed by atoms with van der Waals surface area (Å²) in [6, 6.07) is 6.28. The molecule has 5 rings (SSSR count). The van der Waals surface area contributed by atoms with Crippen LogP contribution in [-0.4, -0.2) is 37.4 Å². The third-order valence-corrected chi connectivity index (χ3v) is 5.69. The minimum absolute atomic E-state index is 0.0101. The summed E-state index contributed by atoms with van der Waals surface area (Å²) in [5.74, 6) is 2.18. The van der Waals surface area contributed by atoms with Gasteiger partial charge in [0.15, 0.2) is 5.78 Å². The van der Waals surface area contributed by atoms with Crippen LogP contribution in [0.2, 0.25) is 0 Å². The maximum atomic E-state index is 12.6. The number of fused-ring (bicyclic) bond motifs is 1. The zero-order valence-electron chi connectivity index (χ0n) is 15.5. The number of nitrogens with zero attached hydrogens (tertiary/aromatic N) is 4. The number of ketones is 1. The smallest absolute Gasteiger partial charge is 0.230 e. The molecule has 2 aliphatic rings. The summed E-state index contributed by atoms with van der Waals surface area (Å²) in [5.41, 5.74) is 4.10. The van der Waals surface area contributed by atoms with E-state index in [0.717, 1.165) is 37.1 Å². The topological polar surface area (TPSA) is 94.0 Å². The summed E-state index contributed by atoms with van der Waals surface area (Å²) in [4.78, 5) is 17.2. The van der Waals surface area contributed by atoms with E-state index in [1.54, 1.807) is 17.1 Å². The number of aliphatic hydroxyl groups is 1. The Hall–Kier alpha value is -2.80. The van der Waals surface area contributed by atoms with Gasteiger partial charge in [-0.15, -0.1) is 0 Å². The summed E-state index contributed by atoms with van der Waals surface area (Å²) in [6.45, 7) is 0.414. The monoisotopic (exact) mass is 378 g/mol. The summed E-state index contributed by atoms with van der Waals surface area (Å²) < 4.78 is 6.98. The lowest BCUT2D eigenvalue weighted by molar-refractivity contribution is 0.0973. The van der Waals surface area contributed by atoms with Crippen molar-refractivity contribution in [2.75, 3.05) is 6.61 Å². The van der Waals surface area contributed by atoms with E-state index in [2.05, 4.69) is 27.4 Å². The molecule has 2 heterocycles. The molecular weight excluding hydrogens is 356 g/mol. The zero-order chi connectivity index (χ0) is 19.1. The van der Waals surface area contributed by atoms with Gasteiger partial charge in [-0.2, -0.15) is 10.1 Å². The van der Waals surface area contributed by atoms with Gasteiger partial charge in [0, 0.05) is 24.1 Å². The van der Waals surface area contributed by atoms with E-state index < -0.39 is 0 Å². The minimum atomic E-state index is 0.0101. The highest BCUT2D eigenvalue weighted by atomic mass is 16.5. The Labute approximate surface area is 162 Å². The quantitative estimate of drug-likeness (QED) is 0.635. The fourth-order valence-corrected chi connectivity index (χ4v) is 3.98. The summed E-state index contributed by atoms with van der Waals surface area (Å²) >= 11 is 0. The van der Waals surface area contributed by atoms with Crippen molar-refractivity contribution in [2.24, 2.45) is 0 Å². The van der Waals surface area contributed by atoms with Crippen LogP contribution < -0.4 is 0 Å². The van der Waals surface area contributed by atoms with E-state index in [-0.39, 0.29) is 18.3 Å². The van der Waals surface area contributed by atoms with E-state index in [1.165, 1.54) is 11.1 Å². The number of rotatable bonds is 7. The molecule has 1 aromatic carbocycles. The van der Waals surface area contributed by atoms with Crippen molar-refractivity contribution >= 4 is 5.78 Å². The van der Waals surface area contributed by atoms with Crippen LogP contribution in [0, 0.1) is 0 Å². The third-order valence-electron chi connectivity index (χ3n) is 5.69. The van der Waals surface area contributed by atoms with Crippen LogP contribution in [0.5, 0.6) is 0 Å². The molecule has 0 amide bonds. The van der Waals surface area contributed by atoms with Crippen LogP contribution in [-0.2, 0) is 13.0 Å². The molecule has 0 saturated heterocycles. The molecule has 0 spiro atoms. The van der Waals surface area contributed by atoms with Crippen LogP contribution in [0.25, 0.3) is 11.4 Å². The van der Waals surface area contributed by atoms with E-state index in [9.17, 15) is 4.79 Å². The number of Topliss-reactive ketones (excluding diaryl/α,β-unsaturated/α-hetero) is 1. The number of aryl methyl sites for hydroxylation is 1. The standard InChI is InChI=1S/C21H22N4O3/c26-8-7-25-12-17(11-22-25)19(27)10-15-4-3-14-9-16(5-6-18(14)15)20-23-21(28-24-20)13-1-2-13/h5-6,9,11-13,15,26H,1-4,7-8,10H2/t15-/m0/s1. The first-order chi connectivity index (χ1) is 13.7. The molecule has 28 heavy (non-hydrogen) atoms. The lowest BCUT2D eigenvalue weighted by Gasteiger charge is -2.10. The molecule has 2 aliphatic carbocycles. The zero-order valence-corrected chi connectivity index (χ0v) is 15.5. The average Bonchev–Trinajstić information content (AvgIpc) is 3.09. The fraction of sp³-hybridized carbons (Fsp3) is 0.429. The highest BCUT2D eigenvalue weighted by molar-refractivity contribution is 5.96. The largest absolute Gasteiger partial charge is 0.394 e. The highest BCUT2D eigenvalue weighted by Gasteiger charge is 2.30. The summed E-state index contributed by atoms with van der Waals surface area (Å²) in [7, 11) is 0. The molecule has 2 aromatic heterocycles. The van der Waals surface area contributed by atoms with Crippen molar-refractivity contribution in [3.05, 3.63) is 53.2 Å². The molecule has 0 aliphatic heterocycles. The first-order valence-corrected chi connectivity index (χ1v) is 9.84. The normalized spacial score (nSPS) is 18.4. The molecule has 7 heteroatoms. The predicted octanol–water partition coefficient (Wildman–Crippen LogP) is 3.11. The number of benzene rings is 1. The molecule has 0 unspecified atom stereocenters. The Balaban J connectivity index is 1.31. The lowest BCUT2D eigenvalue weighted by Crippen LogP contribution is -2.05. The SMILES string of the molecule is O=C(C[C@@H]1CCc2cc(-c3noc(C4CC4)n3)ccc21)c1cnn(CCO)c1. The average molecular weight is 378 g/mol. The van der Waals surface area contributed by atoms with Crippen molar-refractivity contribution in [1.29, 1.82) is 0 Å². The molecule has 0 radical (unpaired) electrons. The van der Waals surface area contributed by atoms with E-state index in [1.807, 2.05) is 6.07 Å². The van der Waals surface area contributed by atoms with Crippen LogP contribution >= 0.6 is 0 Å². The van der Waals surface area contributed by atoms with Gasteiger partial charge in [0.1, 0.15) is 0 Å². The maximum absolute atomic E-state index is 12.6. The van der Waals surface area contributed by atoms with Crippen molar-refractivity contribution in [1.82, 2.24) is 19.9 Å². The molecular formula is C21H22N4O3. The van der Waals surface area contributed by atoms with Gasteiger partial charge in [0.25, 0.3) is 0 Å². The second-order valence-corrected chi connectivity index (χ2v) is 7.72. The van der Waals surface area contributed by atoms with E-state index in [4.69, 9.17) is 9.63 Å². The number of aromatic nitrogens is 4. The van der Waals surface area contributed by atoms with E-state index in [0.29, 0.717) is 30.3 Å². The van der Waals surface area contributed by atoms with Crippen LogP contribution in [0.3, 0.4) is 0 Å². The molecule has 1 N–H and O–H groups in total. The highest BCUT2D eigenvalue weighted by Crippen LogP contribution is 2.41. The summed E-state index contributed by atoms with van der Waals surface area (Å²) in [6.07, 6.45) is 7.98. The molecule has 1 saturated carbocycles. The Bertz CT molecular complexity index is 1020. The van der Waals surface area contributed by atoms with Crippen molar-refractivity contribution in [3.63, 3.8) is 0 Å². The van der Waals surface area contributed by atoms with Gasteiger partial charge in [-0.25, -0.2) is 0 Å². The van der Waals surface area contributed by atoms with Crippen LogP contribution in [0.15, 0.2) is 35.1 Å². The lowest BCUT2D eigenvalue weighted by atomic mass is 9.93. The van der Waals surface area contributed by atoms with Gasteiger partial charge in [-0.1, -0.05) is 17.3 Å². The van der Waals surface area contributed by atoms with Crippen molar-refractivity contribution < 1.29 is 14.4 Å². The van der Waals surface area contributed by atoms with E-state index >= 15 is 0 Å². The minimum Gasteiger partial charge on any atom is -0.394 e. The maximum Gasteiger partial charge on any atom is 0.230 e. The van der Waals surface area contributed by atoms with Crippen molar-refractivity contribution in [3.8, 4) is 11.4 Å². The molecule has 0 bridgehead atoms. The Morgan fingerprint density at radius 2 is 2.18 bits per heavy atom. The Morgan fingerprint density at radius 3 is 3.00 bits per heavy atom. The first kappa shape index (κ1) is 17.3. The number of carbonyl (C=O) groups is 1. The molecule has 1 fully saturated rings.